The van der Waals surface area contributed by atoms with Gasteiger partial charge in [-0.25, -0.2) is 0 Å². The van der Waals surface area contributed by atoms with Crippen LogP contribution < -0.4 is 0 Å². The summed E-state index contributed by atoms with van der Waals surface area (Å²) in [5, 5.41) is 76.3. The molecule has 7 N–H and O–H groups in total. The van der Waals surface area contributed by atoms with Crippen molar-refractivity contribution in [2.24, 2.45) is 46.3 Å². The van der Waals surface area contributed by atoms with E-state index in [2.05, 4.69) is 13.8 Å². The molecule has 7 fully saturated rings. The molecule has 0 bridgehead atoms. The van der Waals surface area contributed by atoms with Crippen molar-refractivity contribution in [2.45, 2.75) is 152 Å². The van der Waals surface area contributed by atoms with Gasteiger partial charge in [-0.2, -0.15) is 0 Å². The van der Waals surface area contributed by atoms with Crippen molar-refractivity contribution in [1.29, 1.82) is 0 Å². The highest BCUT2D eigenvalue weighted by atomic mass is 16.7. The Morgan fingerprint density at radius 3 is 2.33 bits per heavy atom. The van der Waals surface area contributed by atoms with Crippen LogP contribution >= 0.6 is 0 Å². The van der Waals surface area contributed by atoms with Crippen molar-refractivity contribution >= 4 is 5.97 Å². The van der Waals surface area contributed by atoms with E-state index < -0.39 is 84.5 Å². The van der Waals surface area contributed by atoms with Gasteiger partial charge in [0.1, 0.15) is 30.5 Å². The number of hydrogen-bond donors (Lipinski definition) is 7. The molecule has 7 aliphatic rings. The van der Waals surface area contributed by atoms with Gasteiger partial charge in [0.25, 0.3) is 0 Å². The number of ether oxygens (including phenoxy) is 5. The van der Waals surface area contributed by atoms with Crippen molar-refractivity contribution in [2.75, 3.05) is 13.2 Å². The van der Waals surface area contributed by atoms with Crippen LogP contribution in [-0.2, 0) is 28.5 Å². The maximum Gasteiger partial charge on any atom is 0.302 e. The van der Waals surface area contributed by atoms with Crippen molar-refractivity contribution < 1.29 is 64.2 Å². The monoisotopic (exact) mass is 684 g/mol. The average molecular weight is 685 g/mol. The van der Waals surface area contributed by atoms with Crippen LogP contribution in [0.4, 0.5) is 0 Å². The molecule has 4 aliphatic carbocycles. The lowest BCUT2D eigenvalue weighted by molar-refractivity contribution is -0.340. The molecule has 7 rings (SSSR count). The minimum absolute atomic E-state index is 0.0140. The van der Waals surface area contributed by atoms with Gasteiger partial charge in [0, 0.05) is 37.0 Å². The smallest absolute Gasteiger partial charge is 0.302 e. The number of aliphatic hydroxyl groups excluding tert-OH is 6. The molecule has 0 radical (unpaired) electrons. The molecular formula is C35H56O13. The summed E-state index contributed by atoms with van der Waals surface area (Å²) >= 11 is 0. The first kappa shape index (κ1) is 35.4. The number of esters is 1. The molecule has 0 aromatic heterocycles. The van der Waals surface area contributed by atoms with Crippen LogP contribution in [0.15, 0.2) is 0 Å². The van der Waals surface area contributed by atoms with E-state index in [0.29, 0.717) is 19.4 Å². The van der Waals surface area contributed by atoms with E-state index in [1.54, 1.807) is 0 Å². The van der Waals surface area contributed by atoms with E-state index in [-0.39, 0.29) is 59.9 Å². The maximum atomic E-state index is 12.4. The Hall–Kier alpha value is -0.970. The number of rotatable bonds is 4. The predicted octanol–water partition coefficient (Wildman–Crippen LogP) is 0.216. The quantitative estimate of drug-likeness (QED) is 0.157. The van der Waals surface area contributed by atoms with Crippen LogP contribution in [0, 0.1) is 46.3 Å². The third kappa shape index (κ3) is 5.01. The predicted molar refractivity (Wildman–Crippen MR) is 166 cm³/mol. The van der Waals surface area contributed by atoms with Crippen molar-refractivity contribution in [3.05, 3.63) is 0 Å². The van der Waals surface area contributed by atoms with Crippen molar-refractivity contribution in [3.63, 3.8) is 0 Å². The first-order chi connectivity index (χ1) is 22.5. The second-order valence-corrected chi connectivity index (χ2v) is 17.0. The highest BCUT2D eigenvalue weighted by Gasteiger charge is 2.73. The second-order valence-electron chi connectivity index (χ2n) is 17.0. The number of aliphatic hydroxyl groups is 7. The normalized spacial score (nSPS) is 59.3. The zero-order valence-electron chi connectivity index (χ0n) is 28.7. The molecule has 3 saturated heterocycles. The molecule has 0 amide bonds. The van der Waals surface area contributed by atoms with Crippen LogP contribution in [0.2, 0.25) is 0 Å². The van der Waals surface area contributed by atoms with Gasteiger partial charge in [0.2, 0.25) is 0 Å². The lowest BCUT2D eigenvalue weighted by Gasteiger charge is -2.66. The van der Waals surface area contributed by atoms with Gasteiger partial charge in [0.15, 0.2) is 12.1 Å². The van der Waals surface area contributed by atoms with Crippen LogP contribution in [0.5, 0.6) is 0 Å². The van der Waals surface area contributed by atoms with Crippen LogP contribution in [0.3, 0.4) is 0 Å². The molecule has 48 heavy (non-hydrogen) atoms. The number of carbonyl (C=O) groups excluding carboxylic acids is 1. The molecule has 4 saturated carbocycles. The van der Waals surface area contributed by atoms with Gasteiger partial charge in [-0.05, 0) is 61.2 Å². The fourth-order valence-electron chi connectivity index (χ4n) is 12.1. The molecule has 0 unspecified atom stereocenters. The van der Waals surface area contributed by atoms with E-state index in [1.807, 2.05) is 13.8 Å². The molecule has 0 aromatic rings. The van der Waals surface area contributed by atoms with Gasteiger partial charge >= 0.3 is 5.97 Å². The highest BCUT2D eigenvalue weighted by Crippen LogP contribution is 2.72. The van der Waals surface area contributed by atoms with Gasteiger partial charge < -0.3 is 59.4 Å². The summed E-state index contributed by atoms with van der Waals surface area (Å²) in [5.74, 6) is -0.778. The molecule has 20 atom stereocenters. The van der Waals surface area contributed by atoms with Gasteiger partial charge in [-0.3, -0.25) is 4.79 Å². The number of hydrogen-bond acceptors (Lipinski definition) is 13. The highest BCUT2D eigenvalue weighted by molar-refractivity contribution is 5.66. The molecule has 3 heterocycles. The van der Waals surface area contributed by atoms with Gasteiger partial charge in [-0.15, -0.1) is 0 Å². The molecule has 1 spiro atoms. The van der Waals surface area contributed by atoms with Crippen molar-refractivity contribution in [3.8, 4) is 0 Å². The molecular weight excluding hydrogens is 628 g/mol. The zero-order valence-corrected chi connectivity index (χ0v) is 28.7. The topological polar surface area (TPSA) is 205 Å². The van der Waals surface area contributed by atoms with E-state index in [1.165, 1.54) is 6.92 Å². The summed E-state index contributed by atoms with van der Waals surface area (Å²) in [5.41, 5.74) is -2.58. The molecule has 3 aliphatic heterocycles. The third-order valence-electron chi connectivity index (χ3n) is 14.7. The Kier molecular flexibility index (Phi) is 8.89. The lowest BCUT2D eigenvalue weighted by Crippen LogP contribution is -2.71. The van der Waals surface area contributed by atoms with Gasteiger partial charge in [-0.1, -0.05) is 27.7 Å². The van der Waals surface area contributed by atoms with Gasteiger partial charge in [0.05, 0.1) is 43.2 Å². The number of fused-ring (bicyclic) bond motifs is 7. The average Bonchev–Trinajstić information content (AvgIpc) is 3.46. The first-order valence-corrected chi connectivity index (χ1v) is 18.0. The molecule has 13 heteroatoms. The Bertz CT molecular complexity index is 1230. The Morgan fingerprint density at radius 1 is 0.938 bits per heavy atom. The van der Waals surface area contributed by atoms with E-state index >= 15 is 0 Å². The summed E-state index contributed by atoms with van der Waals surface area (Å²) < 4.78 is 30.8. The summed E-state index contributed by atoms with van der Waals surface area (Å²) in [6, 6.07) is 0. The molecule has 13 nitrogen and oxygen atoms in total. The minimum atomic E-state index is -1.64. The second kappa shape index (κ2) is 12.0. The van der Waals surface area contributed by atoms with Crippen LogP contribution in [0.25, 0.3) is 0 Å². The maximum absolute atomic E-state index is 12.4. The first-order valence-electron chi connectivity index (χ1n) is 18.0. The summed E-state index contributed by atoms with van der Waals surface area (Å²) in [6.07, 6.45) is -7.55. The number of carbonyl (C=O) groups is 1. The Morgan fingerprint density at radius 2 is 1.67 bits per heavy atom. The van der Waals surface area contributed by atoms with E-state index in [0.717, 1.165) is 19.3 Å². The minimum Gasteiger partial charge on any atom is -0.460 e. The SMILES string of the molecule is CC(=O)O[C@@H]1C[C@]2(O)[C@H](O)C[C@@H]3[C@@H](CC[C@]4(C)[C@@H]5[C@H](C[C@@H]34)O[C@]3(C[C@@H](O)[C@H](C)CO3)[C@H]5C)[C@@]2(C)C[C@H]1O[C@H]1O[C@@H](CO)[C@H](O)[C@@H](O)[C@@H]1O. The Balaban J connectivity index is 1.16. The third-order valence-corrected chi connectivity index (χ3v) is 14.7. The standard InChI is InChI=1S/C35H56O13/c1-15-14-44-35(10-21(15)38)16(2)27-22(48-35)9-20-18-8-26(39)34(43)12-24(45-17(3)37)23(11-33(34,5)19(18)6-7-32(20,27)4)46-31-30(42)29(41)28(40)25(13-36)47-31/h15-16,18-31,36,38-43H,6-14H2,1-5H3/t15-,16+,18-,19-,20+,21-,22+,23-,24-,25+,26-,27+,28+,29-,30+,31+,32+,33-,34+,35-/m1/s1. The fourth-order valence-corrected chi connectivity index (χ4v) is 12.1. The summed E-state index contributed by atoms with van der Waals surface area (Å²) in [4.78, 5) is 12.2. The molecule has 274 valence electrons. The van der Waals surface area contributed by atoms with E-state index in [9.17, 15) is 40.5 Å². The zero-order chi connectivity index (χ0) is 34.7. The Labute approximate surface area is 281 Å². The summed E-state index contributed by atoms with van der Waals surface area (Å²) in [7, 11) is 0. The molecule has 0 aromatic carbocycles. The van der Waals surface area contributed by atoms with Crippen LogP contribution in [-0.4, -0.2) is 128 Å². The largest absolute Gasteiger partial charge is 0.460 e. The van der Waals surface area contributed by atoms with Crippen molar-refractivity contribution in [1.82, 2.24) is 0 Å². The lowest BCUT2D eigenvalue weighted by atomic mass is 9.42. The van der Waals surface area contributed by atoms with E-state index in [4.69, 9.17) is 23.7 Å². The fraction of sp³-hybridized carbons (Fsp3) is 0.971. The summed E-state index contributed by atoms with van der Waals surface area (Å²) in [6.45, 7) is 9.60. The van der Waals surface area contributed by atoms with Crippen LogP contribution in [0.1, 0.15) is 79.6 Å².